The number of nitrogens with one attached hydrogen (secondary N) is 1. The zero-order chi connectivity index (χ0) is 13.2. The molecule has 1 rings (SSSR count). The Hall–Kier alpha value is -1.07. The second-order valence-electron chi connectivity index (χ2n) is 3.69. The molecule has 3 N–H and O–H groups in total. The summed E-state index contributed by atoms with van der Waals surface area (Å²) >= 11 is -4.93. The number of hydrogen-bond acceptors (Lipinski definition) is 4. The van der Waals surface area contributed by atoms with Crippen molar-refractivity contribution in [3.05, 3.63) is 23.3 Å². The molecule has 94 valence electrons. The van der Waals surface area contributed by atoms with Crippen molar-refractivity contribution in [3.8, 4) is 0 Å². The van der Waals surface area contributed by atoms with Crippen molar-refractivity contribution in [2.24, 2.45) is 0 Å². The summed E-state index contributed by atoms with van der Waals surface area (Å²) in [5.41, 5.74) is 1.36. The van der Waals surface area contributed by atoms with Crippen LogP contribution in [0.25, 0.3) is 0 Å². The summed E-state index contributed by atoms with van der Waals surface area (Å²) in [5, 5.41) is 11.0. The van der Waals surface area contributed by atoms with Gasteiger partial charge in [0, 0.05) is 0 Å². The quantitative estimate of drug-likeness (QED) is 0.424. The topological polar surface area (TPSA) is 95.9 Å². The zero-order valence-corrected chi connectivity index (χ0v) is 11.6. The molecule has 0 aliphatic rings. The molecule has 0 spiro atoms. The molecule has 1 aromatic rings. The molecule has 6 nitrogen and oxygen atoms in total. The summed E-state index contributed by atoms with van der Waals surface area (Å²) < 4.78 is 25.0. The van der Waals surface area contributed by atoms with E-state index in [4.69, 9.17) is 5.26 Å². The predicted octanol–water partition coefficient (Wildman–Crippen LogP) is 0.320. The summed E-state index contributed by atoms with van der Waals surface area (Å²) in [7, 11) is 0. The maximum absolute atomic E-state index is 11.7. The fourth-order valence-electron chi connectivity index (χ4n) is 1.64. The number of hydrogen-bond donors (Lipinski definition) is 3. The summed E-state index contributed by atoms with van der Waals surface area (Å²) in [6.45, 7) is 4.55. The van der Waals surface area contributed by atoms with Crippen molar-refractivity contribution in [1.29, 1.82) is 0 Å². The Kier molecular flexibility index (Phi) is 4.16. The molecule has 0 heterocycles. The van der Waals surface area contributed by atoms with Gasteiger partial charge in [-0.1, -0.05) is 0 Å². The first kappa shape index (κ1) is 14.0. The molecule has 0 saturated heterocycles. The molecule has 0 bridgehead atoms. The summed E-state index contributed by atoms with van der Waals surface area (Å²) in [6.07, 6.45) is 0. The Morgan fingerprint density at radius 3 is 2.47 bits per heavy atom. The molecule has 7 heteroatoms. The van der Waals surface area contributed by atoms with E-state index in [-0.39, 0.29) is 10.3 Å². The molecule has 0 fully saturated rings. The number of anilines is 1. The molecular formula is C10H14AsNO5. The Bertz CT molecular complexity index is 500. The van der Waals surface area contributed by atoms with Crippen molar-refractivity contribution in [2.45, 2.75) is 20.8 Å². The van der Waals surface area contributed by atoms with Crippen LogP contribution < -0.4 is 9.67 Å². The predicted molar refractivity (Wildman–Crippen MR) is 62.2 cm³/mol. The summed E-state index contributed by atoms with van der Waals surface area (Å²) in [5.74, 6) is -0.284. The van der Waals surface area contributed by atoms with Gasteiger partial charge in [0.1, 0.15) is 0 Å². The van der Waals surface area contributed by atoms with Gasteiger partial charge in [0.25, 0.3) is 0 Å². The van der Waals surface area contributed by atoms with E-state index in [2.05, 4.69) is 9.19 Å². The molecule has 1 atom stereocenters. The van der Waals surface area contributed by atoms with E-state index >= 15 is 0 Å². The van der Waals surface area contributed by atoms with E-state index in [1.807, 2.05) is 0 Å². The molecule has 1 amide bonds. The van der Waals surface area contributed by atoms with E-state index in [0.717, 1.165) is 0 Å². The second-order valence-corrected chi connectivity index (χ2v) is 7.15. The van der Waals surface area contributed by atoms with Gasteiger partial charge in [-0.2, -0.15) is 0 Å². The first-order valence-electron chi connectivity index (χ1n) is 4.84. The molecular weight excluding hydrogens is 289 g/mol. The molecule has 1 unspecified atom stereocenters. The van der Waals surface area contributed by atoms with Crippen molar-refractivity contribution in [3.63, 3.8) is 0 Å². The van der Waals surface area contributed by atoms with Crippen LogP contribution in [-0.4, -0.2) is 29.4 Å². The van der Waals surface area contributed by atoms with E-state index < -0.39 is 14.2 Å². The van der Waals surface area contributed by atoms with Gasteiger partial charge < -0.3 is 0 Å². The normalized spacial score (nSPS) is 14.2. The average Bonchev–Trinajstić information content (AvgIpc) is 2.22. The summed E-state index contributed by atoms with van der Waals surface area (Å²) in [6, 6.07) is 3.21. The number of rotatable bonds is 3. The van der Waals surface area contributed by atoms with Gasteiger partial charge in [-0.3, -0.25) is 0 Å². The number of amides is 1. The first-order valence-corrected chi connectivity index (χ1v) is 8.15. The van der Waals surface area contributed by atoms with Gasteiger partial charge in [0.05, 0.1) is 0 Å². The molecule has 0 aromatic heterocycles. The molecule has 0 saturated carbocycles. The van der Waals surface area contributed by atoms with Crippen LogP contribution in [0.5, 0.6) is 0 Å². The third kappa shape index (κ3) is 2.98. The number of carbonyl (C=O) groups is 1. The number of benzene rings is 1. The fourth-order valence-corrected chi connectivity index (χ4v) is 4.04. The zero-order valence-electron chi connectivity index (χ0n) is 9.72. The van der Waals surface area contributed by atoms with Crippen LogP contribution >= 0.6 is 0 Å². The van der Waals surface area contributed by atoms with Crippen LogP contribution in [0.3, 0.4) is 0 Å². The van der Waals surface area contributed by atoms with Crippen LogP contribution in [-0.2, 0) is 12.4 Å². The fraction of sp³-hybridized carbons (Fsp3) is 0.300. The van der Waals surface area contributed by atoms with Crippen molar-refractivity contribution in [2.75, 3.05) is 5.32 Å². The Labute approximate surface area is 102 Å². The third-order valence-electron chi connectivity index (χ3n) is 2.34. The van der Waals surface area contributed by atoms with Gasteiger partial charge in [-0.25, -0.2) is 0 Å². The van der Waals surface area contributed by atoms with Gasteiger partial charge in [-0.05, 0) is 0 Å². The second kappa shape index (κ2) is 5.06. The van der Waals surface area contributed by atoms with Gasteiger partial charge in [0.2, 0.25) is 0 Å². The van der Waals surface area contributed by atoms with Crippen LogP contribution in [0.1, 0.15) is 18.1 Å². The Morgan fingerprint density at radius 1 is 1.41 bits per heavy atom. The molecule has 0 aliphatic carbocycles. The molecule has 1 aromatic carbocycles. The van der Waals surface area contributed by atoms with Crippen LogP contribution in [0, 0.1) is 13.8 Å². The minimum absolute atomic E-state index is 0.0527. The maximum atomic E-state index is 11.7. The third-order valence-corrected chi connectivity index (χ3v) is 5.43. The SMILES string of the molecule is CC(=O)Nc1ccc(C)c([As](=O)(O)OO)c1C. The van der Waals surface area contributed by atoms with Gasteiger partial charge >= 0.3 is 101 Å². The van der Waals surface area contributed by atoms with Crippen molar-refractivity contribution < 1.29 is 21.8 Å². The average molecular weight is 303 g/mol. The van der Waals surface area contributed by atoms with Crippen LogP contribution in [0.4, 0.5) is 5.69 Å². The Morgan fingerprint density at radius 2 is 2.00 bits per heavy atom. The van der Waals surface area contributed by atoms with Crippen LogP contribution in [0.15, 0.2) is 12.1 Å². The van der Waals surface area contributed by atoms with E-state index in [0.29, 0.717) is 16.8 Å². The molecule has 17 heavy (non-hydrogen) atoms. The monoisotopic (exact) mass is 303 g/mol. The number of aryl methyl sites for hydroxylation is 1. The minimum atomic E-state index is -4.93. The molecule has 0 radical (unpaired) electrons. The van der Waals surface area contributed by atoms with Crippen molar-refractivity contribution in [1.82, 2.24) is 0 Å². The molecule has 0 aliphatic heterocycles. The standard InChI is InChI=1S/C10H14AsNO5/c1-6-4-5-9(12-8(3)13)7(2)10(6)11(14,15)17-16/h4-5,16H,1-3H3,(H,12,13)(H,14,15). The van der Waals surface area contributed by atoms with Gasteiger partial charge in [0.15, 0.2) is 0 Å². The number of carbonyl (C=O) groups excluding carboxylic acids is 1. The van der Waals surface area contributed by atoms with Gasteiger partial charge in [-0.15, -0.1) is 0 Å². The van der Waals surface area contributed by atoms with Crippen LogP contribution in [0.2, 0.25) is 0 Å². The van der Waals surface area contributed by atoms with E-state index in [9.17, 15) is 12.6 Å². The summed E-state index contributed by atoms with van der Waals surface area (Å²) in [4.78, 5) is 11.0. The van der Waals surface area contributed by atoms with Crippen molar-refractivity contribution >= 4 is 30.1 Å². The van der Waals surface area contributed by atoms with E-state index in [1.165, 1.54) is 6.92 Å². The Balaban J connectivity index is 3.40. The van der Waals surface area contributed by atoms with E-state index in [1.54, 1.807) is 26.0 Å². The first-order chi connectivity index (χ1) is 7.79.